The van der Waals surface area contributed by atoms with Crippen LogP contribution in [-0.4, -0.2) is 38.4 Å². The van der Waals surface area contributed by atoms with Crippen LogP contribution in [0.2, 0.25) is 0 Å². The van der Waals surface area contributed by atoms with Crippen LogP contribution in [0.5, 0.6) is 0 Å². The standard InChI is InChI=1S/C17H26N2O4S/c1-12-11-16(13(2)10-15(12)18)24(21,22)19-9-5-4-6-14(19)7-8-17(20)23-3/h10-11,14H,4-9,18H2,1-3H3. The van der Waals surface area contributed by atoms with Crippen molar-refractivity contribution in [3.05, 3.63) is 23.3 Å². The Bertz CT molecular complexity index is 716. The molecular weight excluding hydrogens is 328 g/mol. The van der Waals surface area contributed by atoms with Gasteiger partial charge in [0.25, 0.3) is 0 Å². The van der Waals surface area contributed by atoms with E-state index in [1.807, 2.05) is 0 Å². The third kappa shape index (κ3) is 3.89. The minimum atomic E-state index is -3.61. The van der Waals surface area contributed by atoms with E-state index >= 15 is 0 Å². The Morgan fingerprint density at radius 2 is 2.00 bits per heavy atom. The Kier molecular flexibility index (Phi) is 5.87. The molecule has 0 spiro atoms. The summed E-state index contributed by atoms with van der Waals surface area (Å²) < 4.78 is 32.6. The highest BCUT2D eigenvalue weighted by Crippen LogP contribution is 2.31. The summed E-state index contributed by atoms with van der Waals surface area (Å²) in [5.74, 6) is -0.308. The topological polar surface area (TPSA) is 89.7 Å². The van der Waals surface area contributed by atoms with Crippen molar-refractivity contribution in [2.75, 3.05) is 19.4 Å². The number of anilines is 1. The van der Waals surface area contributed by atoms with Gasteiger partial charge < -0.3 is 10.5 Å². The van der Waals surface area contributed by atoms with Crippen molar-refractivity contribution in [2.45, 2.75) is 56.9 Å². The predicted octanol–water partition coefficient (Wildman–Crippen LogP) is 2.38. The number of methoxy groups -OCH3 is 1. The molecule has 1 aromatic carbocycles. The van der Waals surface area contributed by atoms with E-state index in [2.05, 4.69) is 4.74 Å². The number of rotatable bonds is 5. The minimum absolute atomic E-state index is 0.167. The summed E-state index contributed by atoms with van der Waals surface area (Å²) >= 11 is 0. The fourth-order valence-electron chi connectivity index (χ4n) is 3.18. The first kappa shape index (κ1) is 18.7. The van der Waals surface area contributed by atoms with E-state index in [9.17, 15) is 13.2 Å². The lowest BCUT2D eigenvalue weighted by Gasteiger charge is -2.35. The van der Waals surface area contributed by atoms with Gasteiger partial charge >= 0.3 is 5.97 Å². The van der Waals surface area contributed by atoms with Crippen LogP contribution >= 0.6 is 0 Å². The van der Waals surface area contributed by atoms with Gasteiger partial charge in [0.15, 0.2) is 0 Å². The first-order valence-electron chi connectivity index (χ1n) is 8.22. The quantitative estimate of drug-likeness (QED) is 0.648. The molecule has 0 radical (unpaired) electrons. The number of piperidine rings is 1. The third-order valence-electron chi connectivity index (χ3n) is 4.63. The zero-order chi connectivity index (χ0) is 17.9. The van der Waals surface area contributed by atoms with E-state index in [0.29, 0.717) is 29.1 Å². The predicted molar refractivity (Wildman–Crippen MR) is 93.1 cm³/mol. The highest BCUT2D eigenvalue weighted by atomic mass is 32.2. The second-order valence-corrected chi connectivity index (χ2v) is 8.21. The van der Waals surface area contributed by atoms with E-state index in [-0.39, 0.29) is 18.4 Å². The number of nitrogen functional groups attached to an aromatic ring is 1. The van der Waals surface area contributed by atoms with Crippen LogP contribution in [0.1, 0.15) is 43.2 Å². The molecule has 6 nitrogen and oxygen atoms in total. The van der Waals surface area contributed by atoms with Crippen molar-refractivity contribution in [2.24, 2.45) is 0 Å². The van der Waals surface area contributed by atoms with E-state index in [1.165, 1.54) is 7.11 Å². The van der Waals surface area contributed by atoms with E-state index in [1.54, 1.807) is 30.3 Å². The van der Waals surface area contributed by atoms with Crippen LogP contribution in [-0.2, 0) is 19.6 Å². The fraction of sp³-hybridized carbons (Fsp3) is 0.588. The average Bonchev–Trinajstić information content (AvgIpc) is 2.56. The number of benzene rings is 1. The van der Waals surface area contributed by atoms with E-state index in [0.717, 1.165) is 24.8 Å². The Balaban J connectivity index is 2.31. The zero-order valence-electron chi connectivity index (χ0n) is 14.5. The van der Waals surface area contributed by atoms with Crippen LogP contribution in [0.3, 0.4) is 0 Å². The average molecular weight is 354 g/mol. The molecule has 1 aromatic rings. The summed E-state index contributed by atoms with van der Waals surface area (Å²) in [6.07, 6.45) is 3.29. The number of hydrogen-bond donors (Lipinski definition) is 1. The van der Waals surface area contributed by atoms with Crippen molar-refractivity contribution >= 4 is 21.7 Å². The van der Waals surface area contributed by atoms with Crippen LogP contribution in [0.4, 0.5) is 5.69 Å². The molecular formula is C17H26N2O4S. The lowest BCUT2D eigenvalue weighted by molar-refractivity contribution is -0.141. The van der Waals surface area contributed by atoms with Crippen LogP contribution in [0.15, 0.2) is 17.0 Å². The number of carbonyl (C=O) groups excluding carboxylic acids is 1. The number of ether oxygens (including phenoxy) is 1. The fourth-order valence-corrected chi connectivity index (χ4v) is 5.20. The van der Waals surface area contributed by atoms with Gasteiger partial charge in [-0.05, 0) is 56.4 Å². The summed E-state index contributed by atoms with van der Waals surface area (Å²) in [6.45, 7) is 4.05. The zero-order valence-corrected chi connectivity index (χ0v) is 15.4. The molecule has 0 bridgehead atoms. The molecule has 1 aliphatic heterocycles. The van der Waals surface area contributed by atoms with Gasteiger partial charge in [-0.3, -0.25) is 4.79 Å². The molecule has 2 N–H and O–H groups in total. The van der Waals surface area contributed by atoms with Gasteiger partial charge in [0.05, 0.1) is 12.0 Å². The first-order valence-corrected chi connectivity index (χ1v) is 9.66. The Morgan fingerprint density at radius 1 is 1.29 bits per heavy atom. The molecule has 0 aliphatic carbocycles. The number of nitrogens with two attached hydrogens (primary N) is 1. The van der Waals surface area contributed by atoms with Gasteiger partial charge in [-0.1, -0.05) is 6.42 Å². The SMILES string of the molecule is COC(=O)CCC1CCCCN1S(=O)(=O)c1cc(C)c(N)cc1C. The van der Waals surface area contributed by atoms with Crippen LogP contribution in [0, 0.1) is 13.8 Å². The number of hydrogen-bond acceptors (Lipinski definition) is 5. The highest BCUT2D eigenvalue weighted by Gasteiger charge is 2.34. The van der Waals surface area contributed by atoms with E-state index in [4.69, 9.17) is 5.73 Å². The molecule has 134 valence electrons. The molecule has 24 heavy (non-hydrogen) atoms. The number of carbonyl (C=O) groups is 1. The molecule has 1 fully saturated rings. The number of sulfonamides is 1. The van der Waals surface area contributed by atoms with Crippen molar-refractivity contribution < 1.29 is 17.9 Å². The summed E-state index contributed by atoms with van der Waals surface area (Å²) in [7, 11) is -2.26. The molecule has 1 aliphatic rings. The maximum absolute atomic E-state index is 13.2. The largest absolute Gasteiger partial charge is 0.469 e. The maximum Gasteiger partial charge on any atom is 0.305 e. The van der Waals surface area contributed by atoms with E-state index < -0.39 is 10.0 Å². The Labute approximate surface area is 144 Å². The number of nitrogens with zero attached hydrogens (tertiary/aromatic N) is 1. The summed E-state index contributed by atoms with van der Waals surface area (Å²) in [6, 6.07) is 3.18. The molecule has 2 rings (SSSR count). The van der Waals surface area contributed by atoms with Crippen LogP contribution in [0.25, 0.3) is 0 Å². The van der Waals surface area contributed by atoms with Gasteiger partial charge in [-0.2, -0.15) is 4.31 Å². The second kappa shape index (κ2) is 7.53. The Morgan fingerprint density at radius 3 is 2.67 bits per heavy atom. The number of aryl methyl sites for hydroxylation is 2. The Hall–Kier alpha value is -1.60. The molecule has 1 saturated heterocycles. The molecule has 0 amide bonds. The summed E-state index contributed by atoms with van der Waals surface area (Å²) in [4.78, 5) is 11.7. The second-order valence-electron chi connectivity index (χ2n) is 6.35. The van der Waals surface area contributed by atoms with Crippen molar-refractivity contribution in [3.8, 4) is 0 Å². The first-order chi connectivity index (χ1) is 11.3. The summed E-state index contributed by atoms with van der Waals surface area (Å²) in [5, 5.41) is 0. The summed E-state index contributed by atoms with van der Waals surface area (Å²) in [5.41, 5.74) is 7.87. The van der Waals surface area contributed by atoms with Crippen molar-refractivity contribution in [1.82, 2.24) is 4.31 Å². The van der Waals surface area contributed by atoms with Gasteiger partial charge in [-0.25, -0.2) is 8.42 Å². The van der Waals surface area contributed by atoms with Crippen LogP contribution < -0.4 is 5.73 Å². The molecule has 1 unspecified atom stereocenters. The van der Waals surface area contributed by atoms with Gasteiger partial charge in [0.1, 0.15) is 0 Å². The molecule has 1 heterocycles. The lowest BCUT2D eigenvalue weighted by atomic mass is 10.0. The van der Waals surface area contributed by atoms with Gasteiger partial charge in [0.2, 0.25) is 10.0 Å². The maximum atomic E-state index is 13.2. The molecule has 0 saturated carbocycles. The monoisotopic (exact) mass is 354 g/mol. The minimum Gasteiger partial charge on any atom is -0.469 e. The normalized spacial score (nSPS) is 19.2. The van der Waals surface area contributed by atoms with Gasteiger partial charge in [-0.15, -0.1) is 0 Å². The van der Waals surface area contributed by atoms with Crippen molar-refractivity contribution in [3.63, 3.8) is 0 Å². The lowest BCUT2D eigenvalue weighted by Crippen LogP contribution is -2.44. The van der Waals surface area contributed by atoms with Gasteiger partial charge in [0, 0.05) is 24.7 Å². The highest BCUT2D eigenvalue weighted by molar-refractivity contribution is 7.89. The molecule has 7 heteroatoms. The smallest absolute Gasteiger partial charge is 0.305 e. The molecule has 1 atom stereocenters. The van der Waals surface area contributed by atoms with Crippen molar-refractivity contribution in [1.29, 1.82) is 0 Å². The number of esters is 1. The third-order valence-corrected chi connectivity index (χ3v) is 6.73. The molecule has 0 aromatic heterocycles.